The molecule has 0 saturated carbocycles. The first kappa shape index (κ1) is 12.2. The Balaban J connectivity index is 1.62. The molecule has 1 aliphatic rings. The van der Waals surface area contributed by atoms with E-state index in [9.17, 15) is 0 Å². The molecule has 1 saturated heterocycles. The molecular formula is C13H15ClN2OS. The Kier molecular flexibility index (Phi) is 3.68. The third-order valence-electron chi connectivity index (χ3n) is 3.13. The van der Waals surface area contributed by atoms with Crippen LogP contribution < -0.4 is 5.32 Å². The highest BCUT2D eigenvalue weighted by Crippen LogP contribution is 2.31. The summed E-state index contributed by atoms with van der Waals surface area (Å²) in [6.07, 6.45) is 3.86. The van der Waals surface area contributed by atoms with E-state index in [2.05, 4.69) is 10.3 Å². The number of fused-ring (bicyclic) bond motifs is 1. The summed E-state index contributed by atoms with van der Waals surface area (Å²) in [5.74, 6) is 0. The Morgan fingerprint density at radius 2 is 2.44 bits per heavy atom. The Bertz CT molecular complexity index is 537. The number of nitrogens with zero attached hydrogens (tertiary/aromatic N) is 1. The van der Waals surface area contributed by atoms with Crippen LogP contribution in [0.2, 0.25) is 5.02 Å². The highest BCUT2D eigenvalue weighted by Gasteiger charge is 2.15. The van der Waals surface area contributed by atoms with Crippen LogP contribution in [-0.4, -0.2) is 24.2 Å². The molecule has 1 aromatic carbocycles. The Morgan fingerprint density at radius 1 is 1.50 bits per heavy atom. The monoisotopic (exact) mass is 282 g/mol. The summed E-state index contributed by atoms with van der Waals surface area (Å²) in [5, 5.41) is 5.07. The van der Waals surface area contributed by atoms with E-state index < -0.39 is 0 Å². The first-order chi connectivity index (χ1) is 8.83. The van der Waals surface area contributed by atoms with E-state index in [1.165, 1.54) is 12.8 Å². The van der Waals surface area contributed by atoms with Crippen molar-refractivity contribution in [3.63, 3.8) is 0 Å². The van der Waals surface area contributed by atoms with Crippen LogP contribution in [0.1, 0.15) is 19.3 Å². The van der Waals surface area contributed by atoms with Gasteiger partial charge < -0.3 is 10.1 Å². The summed E-state index contributed by atoms with van der Waals surface area (Å²) in [6, 6.07) is 5.82. The molecule has 18 heavy (non-hydrogen) atoms. The van der Waals surface area contributed by atoms with Crippen molar-refractivity contribution in [1.29, 1.82) is 0 Å². The number of ether oxygens (including phenoxy) is 1. The molecule has 1 aromatic heterocycles. The van der Waals surface area contributed by atoms with Gasteiger partial charge in [0.05, 0.1) is 21.3 Å². The molecule has 1 unspecified atom stereocenters. The number of halogens is 1. The summed E-state index contributed by atoms with van der Waals surface area (Å²) >= 11 is 7.74. The summed E-state index contributed by atoms with van der Waals surface area (Å²) in [5.41, 5.74) is 0.965. The lowest BCUT2D eigenvalue weighted by Gasteiger charge is -2.08. The van der Waals surface area contributed by atoms with E-state index in [1.807, 2.05) is 18.2 Å². The van der Waals surface area contributed by atoms with Crippen molar-refractivity contribution in [3.8, 4) is 0 Å². The Morgan fingerprint density at radius 3 is 3.22 bits per heavy atom. The molecule has 1 aliphatic heterocycles. The Hall–Kier alpha value is -0.840. The molecule has 0 aliphatic carbocycles. The van der Waals surface area contributed by atoms with Gasteiger partial charge in [0.25, 0.3) is 0 Å². The van der Waals surface area contributed by atoms with Crippen molar-refractivity contribution in [2.45, 2.75) is 25.4 Å². The van der Waals surface area contributed by atoms with Crippen molar-refractivity contribution in [2.24, 2.45) is 0 Å². The van der Waals surface area contributed by atoms with E-state index in [1.54, 1.807) is 11.3 Å². The average molecular weight is 283 g/mol. The topological polar surface area (TPSA) is 34.2 Å². The second-order valence-electron chi connectivity index (χ2n) is 4.46. The van der Waals surface area contributed by atoms with Crippen LogP contribution in [0.5, 0.6) is 0 Å². The van der Waals surface area contributed by atoms with Crippen LogP contribution in [0.3, 0.4) is 0 Å². The molecule has 1 N–H and O–H groups in total. The maximum absolute atomic E-state index is 6.13. The van der Waals surface area contributed by atoms with Crippen LogP contribution in [0.15, 0.2) is 18.2 Å². The highest BCUT2D eigenvalue weighted by atomic mass is 35.5. The average Bonchev–Trinajstić information content (AvgIpc) is 2.98. The van der Waals surface area contributed by atoms with Gasteiger partial charge in [0, 0.05) is 13.2 Å². The number of thiazole rings is 1. The van der Waals surface area contributed by atoms with Gasteiger partial charge in [-0.2, -0.15) is 0 Å². The summed E-state index contributed by atoms with van der Waals surface area (Å²) in [4.78, 5) is 4.52. The second kappa shape index (κ2) is 5.43. The maximum Gasteiger partial charge on any atom is 0.183 e. The number of anilines is 1. The number of aromatic nitrogens is 1. The molecular weight excluding hydrogens is 268 g/mol. The van der Waals surface area contributed by atoms with E-state index in [0.717, 1.165) is 39.9 Å². The third kappa shape index (κ3) is 2.60. The molecule has 2 aromatic rings. The first-order valence-electron chi connectivity index (χ1n) is 6.23. The largest absolute Gasteiger partial charge is 0.378 e. The fourth-order valence-electron chi connectivity index (χ4n) is 2.20. The van der Waals surface area contributed by atoms with Gasteiger partial charge >= 0.3 is 0 Å². The standard InChI is InChI=1S/C13H15ClN2OS/c14-10-4-1-5-11-12(10)18-13(16-11)15-7-6-9-3-2-8-17-9/h1,4-5,9H,2-3,6-8H2,(H,15,16). The molecule has 3 nitrogen and oxygen atoms in total. The van der Waals surface area contributed by atoms with Gasteiger partial charge in [0.15, 0.2) is 5.13 Å². The van der Waals surface area contributed by atoms with Gasteiger partial charge in [-0.3, -0.25) is 0 Å². The lowest BCUT2D eigenvalue weighted by Crippen LogP contribution is -2.12. The van der Waals surface area contributed by atoms with Gasteiger partial charge in [-0.25, -0.2) is 4.98 Å². The van der Waals surface area contributed by atoms with E-state index in [4.69, 9.17) is 16.3 Å². The van der Waals surface area contributed by atoms with E-state index in [-0.39, 0.29) is 0 Å². The SMILES string of the molecule is Clc1cccc2nc(NCCC3CCCO3)sc12. The van der Waals surface area contributed by atoms with E-state index in [0.29, 0.717) is 6.10 Å². The van der Waals surface area contributed by atoms with Crippen LogP contribution in [0.4, 0.5) is 5.13 Å². The minimum Gasteiger partial charge on any atom is -0.378 e. The zero-order chi connectivity index (χ0) is 12.4. The minimum absolute atomic E-state index is 0.426. The van der Waals surface area contributed by atoms with E-state index >= 15 is 0 Å². The van der Waals surface area contributed by atoms with Crippen molar-refractivity contribution < 1.29 is 4.74 Å². The molecule has 2 heterocycles. The van der Waals surface area contributed by atoms with Gasteiger partial charge in [0.2, 0.25) is 0 Å². The lowest BCUT2D eigenvalue weighted by molar-refractivity contribution is 0.107. The summed E-state index contributed by atoms with van der Waals surface area (Å²) in [6.45, 7) is 1.82. The zero-order valence-electron chi connectivity index (χ0n) is 9.99. The van der Waals surface area contributed by atoms with Crippen molar-refractivity contribution in [2.75, 3.05) is 18.5 Å². The number of nitrogens with one attached hydrogen (secondary N) is 1. The van der Waals surface area contributed by atoms with Gasteiger partial charge in [0.1, 0.15) is 0 Å². The van der Waals surface area contributed by atoms with Gasteiger partial charge in [-0.1, -0.05) is 29.0 Å². The summed E-state index contributed by atoms with van der Waals surface area (Å²) in [7, 11) is 0. The van der Waals surface area contributed by atoms with Crippen molar-refractivity contribution >= 4 is 38.3 Å². The molecule has 0 radical (unpaired) electrons. The number of rotatable bonds is 4. The maximum atomic E-state index is 6.13. The molecule has 3 rings (SSSR count). The quantitative estimate of drug-likeness (QED) is 0.922. The predicted molar refractivity (Wildman–Crippen MR) is 76.7 cm³/mol. The van der Waals surface area contributed by atoms with Crippen LogP contribution in [0.25, 0.3) is 10.2 Å². The molecule has 96 valence electrons. The van der Waals surface area contributed by atoms with Gasteiger partial charge in [-0.05, 0) is 31.4 Å². The molecule has 1 fully saturated rings. The molecule has 0 amide bonds. The van der Waals surface area contributed by atoms with Crippen LogP contribution >= 0.6 is 22.9 Å². The normalized spacial score (nSPS) is 19.5. The fraction of sp³-hybridized carbons (Fsp3) is 0.462. The summed E-state index contributed by atoms with van der Waals surface area (Å²) < 4.78 is 6.65. The van der Waals surface area contributed by atoms with Crippen LogP contribution in [-0.2, 0) is 4.74 Å². The molecule has 0 bridgehead atoms. The van der Waals surface area contributed by atoms with Gasteiger partial charge in [-0.15, -0.1) is 0 Å². The molecule has 0 spiro atoms. The predicted octanol–water partition coefficient (Wildman–Crippen LogP) is 3.93. The smallest absolute Gasteiger partial charge is 0.183 e. The lowest BCUT2D eigenvalue weighted by atomic mass is 10.2. The molecule has 5 heteroatoms. The van der Waals surface area contributed by atoms with Crippen molar-refractivity contribution in [3.05, 3.63) is 23.2 Å². The third-order valence-corrected chi connectivity index (χ3v) is 4.62. The number of benzene rings is 1. The molecule has 1 atom stereocenters. The second-order valence-corrected chi connectivity index (χ2v) is 5.86. The number of hydrogen-bond donors (Lipinski definition) is 1. The van der Waals surface area contributed by atoms with Crippen LogP contribution in [0, 0.1) is 0 Å². The highest BCUT2D eigenvalue weighted by molar-refractivity contribution is 7.22. The first-order valence-corrected chi connectivity index (χ1v) is 7.43. The zero-order valence-corrected chi connectivity index (χ0v) is 11.6. The Labute approximate surface area is 115 Å². The van der Waals surface area contributed by atoms with Crippen molar-refractivity contribution in [1.82, 2.24) is 4.98 Å². The minimum atomic E-state index is 0.426. The fourth-order valence-corrected chi connectivity index (χ4v) is 3.38. The number of hydrogen-bond acceptors (Lipinski definition) is 4.